The Hall–Kier alpha value is -0.980. The molecule has 6 heteroatoms. The van der Waals surface area contributed by atoms with Crippen LogP contribution in [0.25, 0.3) is 0 Å². The monoisotopic (exact) mass is 238 g/mol. The number of likely N-dealkylation sites (tertiary alicyclic amines) is 1. The highest BCUT2D eigenvalue weighted by Gasteiger charge is 2.40. The van der Waals surface area contributed by atoms with Gasteiger partial charge in [0.15, 0.2) is 5.79 Å². The second-order valence-electron chi connectivity index (χ2n) is 4.75. The molecule has 0 unspecified atom stereocenters. The van der Waals surface area contributed by atoms with E-state index in [0.29, 0.717) is 0 Å². The maximum absolute atomic E-state index is 5.75. The minimum Gasteiger partial charge on any atom is -0.346 e. The molecule has 0 amide bonds. The first-order valence-corrected chi connectivity index (χ1v) is 6.11. The highest BCUT2D eigenvalue weighted by Crippen LogP contribution is 2.30. The zero-order valence-corrected chi connectivity index (χ0v) is 10.1. The van der Waals surface area contributed by atoms with Crippen molar-refractivity contribution in [1.82, 2.24) is 19.9 Å². The van der Waals surface area contributed by atoms with Crippen molar-refractivity contribution in [3.8, 4) is 0 Å². The van der Waals surface area contributed by atoms with E-state index in [1.54, 1.807) is 4.80 Å². The number of ether oxygens (including phenoxy) is 2. The van der Waals surface area contributed by atoms with Gasteiger partial charge >= 0.3 is 0 Å². The maximum atomic E-state index is 5.75. The molecule has 2 fully saturated rings. The first-order chi connectivity index (χ1) is 8.26. The molecule has 2 aliphatic rings. The van der Waals surface area contributed by atoms with Gasteiger partial charge in [0.2, 0.25) is 0 Å². The Morgan fingerprint density at radius 1 is 1.41 bits per heavy atom. The number of hydrogen-bond acceptors (Lipinski definition) is 5. The molecule has 0 atom stereocenters. The highest BCUT2D eigenvalue weighted by molar-refractivity contribution is 4.93. The van der Waals surface area contributed by atoms with Crippen LogP contribution in [0.4, 0.5) is 0 Å². The van der Waals surface area contributed by atoms with Crippen LogP contribution in [0.2, 0.25) is 0 Å². The lowest BCUT2D eigenvalue weighted by atomic mass is 10.0. The third-order valence-corrected chi connectivity index (χ3v) is 3.34. The van der Waals surface area contributed by atoms with Crippen molar-refractivity contribution in [2.45, 2.75) is 25.2 Å². The molecule has 2 saturated heterocycles. The van der Waals surface area contributed by atoms with Crippen LogP contribution in [0.5, 0.6) is 0 Å². The van der Waals surface area contributed by atoms with Crippen molar-refractivity contribution in [3.05, 3.63) is 11.9 Å². The van der Waals surface area contributed by atoms with Crippen LogP contribution >= 0.6 is 0 Å². The number of aryl methyl sites for hydroxylation is 1. The zero-order chi connectivity index (χ0) is 11.7. The number of rotatable bonds is 2. The van der Waals surface area contributed by atoms with E-state index in [-0.39, 0.29) is 5.79 Å². The molecule has 3 heterocycles. The summed E-state index contributed by atoms with van der Waals surface area (Å²) in [6, 6.07) is 0. The minimum absolute atomic E-state index is 0.347. The van der Waals surface area contributed by atoms with E-state index in [0.717, 1.165) is 51.4 Å². The predicted octanol–water partition coefficient (Wildman–Crippen LogP) is 0.154. The van der Waals surface area contributed by atoms with Gasteiger partial charge in [-0.25, -0.2) is 0 Å². The summed E-state index contributed by atoms with van der Waals surface area (Å²) in [4.78, 5) is 3.93. The minimum atomic E-state index is -0.347. The lowest BCUT2D eigenvalue weighted by molar-refractivity contribution is -0.190. The molecule has 1 aromatic rings. The van der Waals surface area contributed by atoms with Gasteiger partial charge in [-0.1, -0.05) is 0 Å². The number of piperidine rings is 1. The molecule has 0 radical (unpaired) electrons. The Labute approximate surface area is 100 Å². The number of nitrogens with zero attached hydrogens (tertiary/aromatic N) is 4. The van der Waals surface area contributed by atoms with Gasteiger partial charge in [-0.2, -0.15) is 15.0 Å². The highest BCUT2D eigenvalue weighted by atomic mass is 16.7. The van der Waals surface area contributed by atoms with E-state index < -0.39 is 0 Å². The molecule has 17 heavy (non-hydrogen) atoms. The Morgan fingerprint density at radius 3 is 2.94 bits per heavy atom. The average Bonchev–Trinajstić information content (AvgIpc) is 2.89. The summed E-state index contributed by atoms with van der Waals surface area (Å²) in [6.45, 7) is 4.18. The van der Waals surface area contributed by atoms with Crippen LogP contribution in [-0.2, 0) is 23.1 Å². The maximum Gasteiger partial charge on any atom is 0.181 e. The lowest BCUT2D eigenvalue weighted by Gasteiger charge is -2.38. The Balaban J connectivity index is 1.64. The molecule has 0 aliphatic carbocycles. The standard InChI is InChI=1S/C11H18N4O2/c1-14-12-7-10(13-14)8-15-4-2-3-11(9-15)16-5-6-17-11/h7H,2-6,8-9H2,1H3. The largest absolute Gasteiger partial charge is 0.346 e. The van der Waals surface area contributed by atoms with Crippen LogP contribution in [0.15, 0.2) is 6.20 Å². The molecule has 94 valence electrons. The molecule has 1 aromatic heterocycles. The molecule has 2 aliphatic heterocycles. The fraction of sp³-hybridized carbons (Fsp3) is 0.818. The predicted molar refractivity (Wildman–Crippen MR) is 60.1 cm³/mol. The summed E-state index contributed by atoms with van der Waals surface area (Å²) < 4.78 is 11.5. The van der Waals surface area contributed by atoms with Crippen molar-refractivity contribution in [2.24, 2.45) is 7.05 Å². The summed E-state index contributed by atoms with van der Waals surface area (Å²) in [6.07, 6.45) is 3.93. The fourth-order valence-corrected chi connectivity index (χ4v) is 2.63. The quantitative estimate of drug-likeness (QED) is 0.734. The van der Waals surface area contributed by atoms with E-state index in [2.05, 4.69) is 15.1 Å². The third-order valence-electron chi connectivity index (χ3n) is 3.34. The lowest BCUT2D eigenvalue weighted by Crippen LogP contribution is -2.48. The van der Waals surface area contributed by atoms with Crippen LogP contribution in [-0.4, -0.2) is 52.0 Å². The van der Waals surface area contributed by atoms with Crippen LogP contribution in [0, 0.1) is 0 Å². The first kappa shape index (κ1) is 11.1. The SMILES string of the molecule is Cn1ncc(CN2CCCC3(C2)OCCO3)n1. The van der Waals surface area contributed by atoms with Gasteiger partial charge in [0.1, 0.15) is 0 Å². The summed E-state index contributed by atoms with van der Waals surface area (Å²) >= 11 is 0. The number of aromatic nitrogens is 3. The first-order valence-electron chi connectivity index (χ1n) is 6.11. The molecule has 3 rings (SSSR count). The zero-order valence-electron chi connectivity index (χ0n) is 10.1. The van der Waals surface area contributed by atoms with Gasteiger partial charge in [0.05, 0.1) is 31.6 Å². The van der Waals surface area contributed by atoms with Crippen LogP contribution < -0.4 is 0 Å². The van der Waals surface area contributed by atoms with Crippen molar-refractivity contribution in [1.29, 1.82) is 0 Å². The Bertz CT molecular complexity index is 387. The normalized spacial score (nSPS) is 24.5. The Kier molecular flexibility index (Phi) is 2.85. The molecule has 0 aromatic carbocycles. The van der Waals surface area contributed by atoms with Gasteiger partial charge in [0.25, 0.3) is 0 Å². The average molecular weight is 238 g/mol. The molecule has 1 spiro atoms. The second kappa shape index (κ2) is 4.36. The third kappa shape index (κ3) is 2.34. The van der Waals surface area contributed by atoms with Gasteiger partial charge in [-0.3, -0.25) is 4.90 Å². The molecule has 0 bridgehead atoms. The van der Waals surface area contributed by atoms with Crippen molar-refractivity contribution < 1.29 is 9.47 Å². The summed E-state index contributed by atoms with van der Waals surface area (Å²) in [5.41, 5.74) is 1.00. The fourth-order valence-electron chi connectivity index (χ4n) is 2.63. The summed E-state index contributed by atoms with van der Waals surface area (Å²) in [5, 5.41) is 8.39. The smallest absolute Gasteiger partial charge is 0.181 e. The van der Waals surface area contributed by atoms with Gasteiger partial charge in [0, 0.05) is 20.0 Å². The van der Waals surface area contributed by atoms with Crippen molar-refractivity contribution in [2.75, 3.05) is 26.3 Å². The topological polar surface area (TPSA) is 52.4 Å². The molecular weight excluding hydrogens is 220 g/mol. The summed E-state index contributed by atoms with van der Waals surface area (Å²) in [7, 11) is 1.84. The second-order valence-corrected chi connectivity index (χ2v) is 4.75. The molecule has 0 N–H and O–H groups in total. The van der Waals surface area contributed by atoms with Crippen molar-refractivity contribution in [3.63, 3.8) is 0 Å². The molecule has 0 saturated carbocycles. The van der Waals surface area contributed by atoms with E-state index >= 15 is 0 Å². The summed E-state index contributed by atoms with van der Waals surface area (Å²) in [5.74, 6) is -0.347. The molecule has 6 nitrogen and oxygen atoms in total. The van der Waals surface area contributed by atoms with Gasteiger partial charge < -0.3 is 9.47 Å². The van der Waals surface area contributed by atoms with Crippen LogP contribution in [0.1, 0.15) is 18.5 Å². The van der Waals surface area contributed by atoms with Crippen LogP contribution in [0.3, 0.4) is 0 Å². The van der Waals surface area contributed by atoms with Gasteiger partial charge in [-0.15, -0.1) is 0 Å². The molecular formula is C11H18N4O2. The van der Waals surface area contributed by atoms with E-state index in [9.17, 15) is 0 Å². The van der Waals surface area contributed by atoms with Gasteiger partial charge in [-0.05, 0) is 13.0 Å². The van der Waals surface area contributed by atoms with E-state index in [1.165, 1.54) is 0 Å². The van der Waals surface area contributed by atoms with E-state index in [4.69, 9.17) is 9.47 Å². The van der Waals surface area contributed by atoms with Crippen molar-refractivity contribution >= 4 is 0 Å². The Morgan fingerprint density at radius 2 is 2.24 bits per heavy atom. The van der Waals surface area contributed by atoms with E-state index in [1.807, 2.05) is 13.2 Å². The number of hydrogen-bond donors (Lipinski definition) is 0.